The van der Waals surface area contributed by atoms with Crippen LogP contribution >= 0.6 is 0 Å². The summed E-state index contributed by atoms with van der Waals surface area (Å²) < 4.78 is 11.1. The van der Waals surface area contributed by atoms with Crippen LogP contribution in [0.5, 0.6) is 0 Å². The minimum Gasteiger partial charge on any atom is -0.452 e. The maximum atomic E-state index is 6.57. The van der Waals surface area contributed by atoms with Gasteiger partial charge in [-0.2, -0.15) is 0 Å². The van der Waals surface area contributed by atoms with Crippen molar-refractivity contribution in [2.45, 2.75) is 26.7 Å². The van der Waals surface area contributed by atoms with E-state index in [1.54, 1.807) is 0 Å². The summed E-state index contributed by atoms with van der Waals surface area (Å²) in [6.45, 7) is 6.70. The molecule has 0 aliphatic carbocycles. The summed E-state index contributed by atoms with van der Waals surface area (Å²) in [4.78, 5) is 0. The van der Waals surface area contributed by atoms with Gasteiger partial charge in [-0.05, 0) is 35.9 Å². The second kappa shape index (κ2) is 5.10. The Kier molecular flexibility index (Phi) is 3.03. The fourth-order valence-electron chi connectivity index (χ4n) is 4.56. The number of aryl methyl sites for hydroxylation is 3. The third-order valence-corrected chi connectivity index (χ3v) is 5.68. The summed E-state index contributed by atoms with van der Waals surface area (Å²) in [6.07, 6.45) is 2.14. The highest BCUT2D eigenvalue weighted by Gasteiger charge is 2.26. The minimum absolute atomic E-state index is 0.375. The third-order valence-electron chi connectivity index (χ3n) is 5.68. The average Bonchev–Trinajstić information content (AvgIpc) is 2.99. The summed E-state index contributed by atoms with van der Waals surface area (Å²) in [5.41, 5.74) is 6.96. The highest BCUT2D eigenvalue weighted by molar-refractivity contribution is 6.19. The van der Waals surface area contributed by atoms with Crippen LogP contribution in [0.2, 0.25) is 0 Å². The van der Waals surface area contributed by atoms with Crippen LogP contribution in [0.1, 0.15) is 30.9 Å². The van der Waals surface area contributed by atoms with E-state index in [0.717, 1.165) is 11.2 Å². The Morgan fingerprint density at radius 1 is 1.04 bits per heavy atom. The molecule has 0 aliphatic heterocycles. The number of hydrogen-bond acceptors (Lipinski definition) is 1. The van der Waals surface area contributed by atoms with Crippen molar-refractivity contribution in [2.75, 3.05) is 0 Å². The lowest BCUT2D eigenvalue weighted by molar-refractivity contribution is -0.645. The molecule has 130 valence electrons. The number of pyridine rings is 1. The zero-order chi connectivity index (χ0) is 18.2. The number of nitrogens with zero attached hydrogens (tertiary/aromatic N) is 2. The first-order valence-electron chi connectivity index (χ1n) is 9.20. The highest BCUT2D eigenvalue weighted by Crippen LogP contribution is 2.40. The van der Waals surface area contributed by atoms with Crippen LogP contribution < -0.4 is 4.57 Å². The zero-order valence-electron chi connectivity index (χ0n) is 15.9. The summed E-state index contributed by atoms with van der Waals surface area (Å²) in [5, 5.41) is 5.02. The summed E-state index contributed by atoms with van der Waals surface area (Å²) in [5.74, 6) is 0.375. The minimum atomic E-state index is 0.375. The van der Waals surface area contributed by atoms with Crippen LogP contribution in [0, 0.1) is 6.92 Å². The number of rotatable bonds is 1. The van der Waals surface area contributed by atoms with E-state index in [9.17, 15) is 0 Å². The molecule has 0 spiro atoms. The Balaban J connectivity index is 2.22. The van der Waals surface area contributed by atoms with Crippen LogP contribution in [-0.2, 0) is 14.1 Å². The van der Waals surface area contributed by atoms with Crippen molar-refractivity contribution < 1.29 is 8.98 Å². The molecule has 0 N–H and O–H groups in total. The predicted molar refractivity (Wildman–Crippen MR) is 108 cm³/mol. The van der Waals surface area contributed by atoms with Crippen molar-refractivity contribution in [1.29, 1.82) is 0 Å². The molecule has 0 saturated carbocycles. The van der Waals surface area contributed by atoms with Crippen molar-refractivity contribution >= 4 is 43.9 Å². The molecule has 26 heavy (non-hydrogen) atoms. The highest BCUT2D eigenvalue weighted by atomic mass is 16.3. The molecule has 0 bridgehead atoms. The molecule has 3 heteroatoms. The van der Waals surface area contributed by atoms with Gasteiger partial charge in [-0.25, -0.2) is 9.13 Å². The van der Waals surface area contributed by atoms with Gasteiger partial charge in [-0.1, -0.05) is 38.1 Å². The van der Waals surface area contributed by atoms with Crippen LogP contribution in [0.4, 0.5) is 0 Å². The largest absolute Gasteiger partial charge is 0.452 e. The predicted octanol–water partition coefficient (Wildman–Crippen LogP) is 5.49. The SMILES string of the molecule is Cc1ccc2cccc3oc4c(C(C)C)c5cc[n+](C)c5n(C)c4c1c23. The summed E-state index contributed by atoms with van der Waals surface area (Å²) >= 11 is 0. The molecular weight excluding hydrogens is 320 g/mol. The van der Waals surface area contributed by atoms with Gasteiger partial charge in [0.2, 0.25) is 0 Å². The van der Waals surface area contributed by atoms with Crippen molar-refractivity contribution in [3.05, 3.63) is 53.7 Å². The maximum absolute atomic E-state index is 6.57. The molecule has 0 saturated heterocycles. The Labute approximate surface area is 152 Å². The normalized spacial score (nSPS) is 12.4. The standard InChI is InChI=1S/C23H23N2O/c1-13(2)18-16-11-12-24(4)23(16)25(5)21-19-14(3)9-10-15-7-6-8-17(20(15)19)26-22(18)21/h6-13H,1-5H3/q+1. The van der Waals surface area contributed by atoms with E-state index in [-0.39, 0.29) is 0 Å². The van der Waals surface area contributed by atoms with Gasteiger partial charge in [0.05, 0.1) is 25.7 Å². The quantitative estimate of drug-likeness (QED) is 0.224. The first kappa shape index (κ1) is 15.4. The molecule has 2 aromatic carbocycles. The second-order valence-corrected chi connectivity index (χ2v) is 7.68. The van der Waals surface area contributed by atoms with E-state index in [1.165, 1.54) is 43.8 Å². The molecule has 5 aromatic rings. The molecule has 3 nitrogen and oxygen atoms in total. The van der Waals surface area contributed by atoms with Gasteiger partial charge in [0.25, 0.3) is 5.65 Å². The lowest BCUT2D eigenvalue weighted by Gasteiger charge is -2.16. The third kappa shape index (κ3) is 1.80. The molecule has 3 aromatic heterocycles. The van der Waals surface area contributed by atoms with Gasteiger partial charge in [0, 0.05) is 16.3 Å². The molecule has 5 rings (SSSR count). The number of benzene rings is 2. The number of fused-ring (bicyclic) bond motifs is 3. The van der Waals surface area contributed by atoms with Crippen molar-refractivity contribution in [3.63, 3.8) is 0 Å². The van der Waals surface area contributed by atoms with Gasteiger partial charge in [0.1, 0.15) is 5.58 Å². The molecule has 0 aliphatic rings. The number of aromatic nitrogens is 2. The van der Waals surface area contributed by atoms with E-state index < -0.39 is 0 Å². The van der Waals surface area contributed by atoms with Crippen LogP contribution in [0.3, 0.4) is 0 Å². The van der Waals surface area contributed by atoms with E-state index >= 15 is 0 Å². The van der Waals surface area contributed by atoms with Crippen molar-refractivity contribution in [1.82, 2.24) is 4.57 Å². The van der Waals surface area contributed by atoms with Gasteiger partial charge >= 0.3 is 0 Å². The Hall–Kier alpha value is -2.81. The Bertz CT molecular complexity index is 1340. The first-order chi connectivity index (χ1) is 12.5. The summed E-state index contributed by atoms with van der Waals surface area (Å²) in [6, 6.07) is 13.0. The van der Waals surface area contributed by atoms with Crippen molar-refractivity contribution in [2.24, 2.45) is 14.1 Å². The van der Waals surface area contributed by atoms with Crippen LogP contribution in [0.15, 0.2) is 47.0 Å². The van der Waals surface area contributed by atoms with Gasteiger partial charge < -0.3 is 4.42 Å². The van der Waals surface area contributed by atoms with E-state index in [2.05, 4.69) is 86.6 Å². The Morgan fingerprint density at radius 3 is 2.62 bits per heavy atom. The van der Waals surface area contributed by atoms with Gasteiger partial charge in [0.15, 0.2) is 11.1 Å². The fourth-order valence-corrected chi connectivity index (χ4v) is 4.56. The van der Waals surface area contributed by atoms with E-state index in [4.69, 9.17) is 4.42 Å². The van der Waals surface area contributed by atoms with Crippen LogP contribution in [-0.4, -0.2) is 4.57 Å². The average molecular weight is 343 g/mol. The van der Waals surface area contributed by atoms with Crippen molar-refractivity contribution in [3.8, 4) is 0 Å². The molecule has 0 fully saturated rings. The summed E-state index contributed by atoms with van der Waals surface area (Å²) in [7, 11) is 4.27. The molecule has 0 atom stereocenters. The molecule has 0 radical (unpaired) electrons. The molecular formula is C23H23N2O+. The lowest BCUT2D eigenvalue weighted by atomic mass is 9.95. The number of hydrogen-bond donors (Lipinski definition) is 0. The monoisotopic (exact) mass is 343 g/mol. The molecule has 0 unspecified atom stereocenters. The zero-order valence-corrected chi connectivity index (χ0v) is 15.9. The lowest BCUT2D eigenvalue weighted by Crippen LogP contribution is -2.28. The van der Waals surface area contributed by atoms with Crippen LogP contribution in [0.25, 0.3) is 43.9 Å². The fraction of sp³-hybridized carbons (Fsp3) is 0.261. The second-order valence-electron chi connectivity index (χ2n) is 7.68. The van der Waals surface area contributed by atoms with Gasteiger partial charge in [-0.15, -0.1) is 0 Å². The molecule has 3 heterocycles. The van der Waals surface area contributed by atoms with Gasteiger partial charge in [-0.3, -0.25) is 0 Å². The smallest absolute Gasteiger partial charge is 0.289 e. The van der Waals surface area contributed by atoms with E-state index in [1.807, 2.05) is 0 Å². The Morgan fingerprint density at radius 2 is 1.85 bits per heavy atom. The van der Waals surface area contributed by atoms with E-state index in [0.29, 0.717) is 5.92 Å². The topological polar surface area (TPSA) is 21.9 Å². The first-order valence-corrected chi connectivity index (χ1v) is 9.20. The molecule has 0 amide bonds. The maximum Gasteiger partial charge on any atom is 0.289 e.